The fraction of sp³-hybridized carbons (Fsp3) is 0.300. The zero-order chi connectivity index (χ0) is 21.9. The third-order valence-electron chi connectivity index (χ3n) is 3.76. The third kappa shape index (κ3) is 7.46. The van der Waals surface area contributed by atoms with Crippen molar-refractivity contribution in [3.63, 3.8) is 0 Å². The molecular weight excluding hydrogens is 400 g/mol. The molecule has 0 atom stereocenters. The van der Waals surface area contributed by atoms with Crippen molar-refractivity contribution in [2.24, 2.45) is 0 Å². The number of anilines is 1. The lowest BCUT2D eigenvalue weighted by Gasteiger charge is -2.12. The number of alkyl halides is 2. The average Bonchev–Trinajstić information content (AvgIpc) is 2.72. The summed E-state index contributed by atoms with van der Waals surface area (Å²) in [5.41, 5.74) is 1.17. The highest BCUT2D eigenvalue weighted by Crippen LogP contribution is 2.29. The summed E-state index contributed by atoms with van der Waals surface area (Å²) in [6.07, 6.45) is 0. The fourth-order valence-corrected chi connectivity index (χ4v) is 2.43. The molecule has 0 unspecified atom stereocenters. The molecule has 0 heterocycles. The number of methoxy groups -OCH3 is 1. The van der Waals surface area contributed by atoms with Gasteiger partial charge in [-0.1, -0.05) is 6.07 Å². The van der Waals surface area contributed by atoms with Crippen molar-refractivity contribution in [3.8, 4) is 17.2 Å². The van der Waals surface area contributed by atoms with Crippen LogP contribution < -0.4 is 30.2 Å². The van der Waals surface area contributed by atoms with E-state index in [0.717, 1.165) is 0 Å². The Morgan fingerprint density at radius 2 is 1.77 bits per heavy atom. The molecule has 30 heavy (non-hydrogen) atoms. The second kappa shape index (κ2) is 11.4. The molecule has 3 amide bonds. The van der Waals surface area contributed by atoms with Crippen LogP contribution in [0, 0.1) is 0 Å². The van der Waals surface area contributed by atoms with Crippen LogP contribution in [-0.2, 0) is 11.3 Å². The predicted molar refractivity (Wildman–Crippen MR) is 106 cm³/mol. The Balaban J connectivity index is 1.77. The van der Waals surface area contributed by atoms with E-state index in [4.69, 9.17) is 9.47 Å². The molecule has 0 bridgehead atoms. The van der Waals surface area contributed by atoms with Gasteiger partial charge in [0.25, 0.3) is 0 Å². The van der Waals surface area contributed by atoms with Gasteiger partial charge in [0, 0.05) is 12.2 Å². The number of carbonyl (C=O) groups excluding carboxylic acids is 2. The molecule has 162 valence electrons. The molecule has 8 nitrogen and oxygen atoms in total. The lowest BCUT2D eigenvalue weighted by molar-refractivity contribution is -0.115. The average molecular weight is 423 g/mol. The summed E-state index contributed by atoms with van der Waals surface area (Å²) in [5.74, 6) is 0.305. The van der Waals surface area contributed by atoms with E-state index in [1.54, 1.807) is 24.3 Å². The van der Waals surface area contributed by atoms with Crippen LogP contribution in [0.5, 0.6) is 17.2 Å². The number of halogens is 2. The molecule has 0 aliphatic heterocycles. The number of rotatable bonds is 10. The number of amides is 3. The van der Waals surface area contributed by atoms with Crippen molar-refractivity contribution in [3.05, 3.63) is 48.0 Å². The number of hydrogen-bond donors (Lipinski definition) is 3. The minimum atomic E-state index is -2.97. The van der Waals surface area contributed by atoms with E-state index in [-0.39, 0.29) is 24.6 Å². The summed E-state index contributed by atoms with van der Waals surface area (Å²) in [4.78, 5) is 23.8. The summed E-state index contributed by atoms with van der Waals surface area (Å²) >= 11 is 0. The Hall–Kier alpha value is -3.56. The number of ether oxygens (including phenoxy) is 3. The van der Waals surface area contributed by atoms with E-state index in [0.29, 0.717) is 23.6 Å². The molecule has 0 saturated heterocycles. The molecule has 0 radical (unpaired) electrons. The quantitative estimate of drug-likeness (QED) is 0.546. The van der Waals surface area contributed by atoms with Crippen molar-refractivity contribution < 1.29 is 32.6 Å². The Kier molecular flexibility index (Phi) is 8.67. The molecule has 2 aromatic carbocycles. The summed E-state index contributed by atoms with van der Waals surface area (Å²) in [7, 11) is 1.32. The van der Waals surface area contributed by atoms with Crippen LogP contribution in [0.4, 0.5) is 19.3 Å². The van der Waals surface area contributed by atoms with Crippen LogP contribution in [0.1, 0.15) is 12.5 Å². The zero-order valence-corrected chi connectivity index (χ0v) is 16.5. The van der Waals surface area contributed by atoms with E-state index < -0.39 is 18.5 Å². The van der Waals surface area contributed by atoms with E-state index in [1.165, 1.54) is 25.3 Å². The molecule has 2 rings (SSSR count). The summed E-state index contributed by atoms with van der Waals surface area (Å²) in [6.45, 7) is -0.686. The number of benzene rings is 2. The lowest BCUT2D eigenvalue weighted by atomic mass is 10.2. The van der Waals surface area contributed by atoms with Gasteiger partial charge in [-0.2, -0.15) is 8.78 Å². The molecule has 2 aromatic rings. The van der Waals surface area contributed by atoms with Gasteiger partial charge in [0.2, 0.25) is 5.91 Å². The van der Waals surface area contributed by atoms with E-state index in [9.17, 15) is 18.4 Å². The van der Waals surface area contributed by atoms with Crippen LogP contribution >= 0.6 is 0 Å². The van der Waals surface area contributed by atoms with Crippen molar-refractivity contribution in [1.82, 2.24) is 10.6 Å². The molecule has 0 aliphatic rings. The second-order valence-corrected chi connectivity index (χ2v) is 5.91. The summed E-state index contributed by atoms with van der Waals surface area (Å²) in [5, 5.41) is 7.64. The minimum absolute atomic E-state index is 0.0949. The van der Waals surface area contributed by atoms with Crippen molar-refractivity contribution in [1.29, 1.82) is 0 Å². The van der Waals surface area contributed by atoms with Gasteiger partial charge in [-0.15, -0.1) is 0 Å². The standard InChI is InChI=1S/C20H23F2N3O5/c1-3-29-15-7-5-14(6-8-15)25-18(26)12-24-20(27)23-11-13-4-9-16(30-19(21)22)17(10-13)28-2/h4-10,19H,3,11-12H2,1-2H3,(H,25,26)(H2,23,24,27). The highest BCUT2D eigenvalue weighted by atomic mass is 19.3. The zero-order valence-electron chi connectivity index (χ0n) is 16.5. The van der Waals surface area contributed by atoms with Gasteiger partial charge in [-0.3, -0.25) is 4.79 Å². The van der Waals surface area contributed by atoms with Crippen LogP contribution in [0.3, 0.4) is 0 Å². The first-order valence-corrected chi connectivity index (χ1v) is 9.07. The summed E-state index contributed by atoms with van der Waals surface area (Å²) in [6, 6.07) is 10.6. The first kappa shape index (κ1) is 22.7. The molecule has 10 heteroatoms. The summed E-state index contributed by atoms with van der Waals surface area (Å²) < 4.78 is 39.4. The predicted octanol–water partition coefficient (Wildman–Crippen LogP) is 3.13. The normalized spacial score (nSPS) is 10.3. The second-order valence-electron chi connectivity index (χ2n) is 5.91. The van der Waals surface area contributed by atoms with Gasteiger partial charge >= 0.3 is 12.6 Å². The maximum absolute atomic E-state index is 12.3. The molecule has 0 aromatic heterocycles. The third-order valence-corrected chi connectivity index (χ3v) is 3.76. The Morgan fingerprint density at radius 1 is 1.03 bits per heavy atom. The highest BCUT2D eigenvalue weighted by Gasteiger charge is 2.12. The fourth-order valence-electron chi connectivity index (χ4n) is 2.43. The monoisotopic (exact) mass is 423 g/mol. The van der Waals surface area contributed by atoms with Crippen LogP contribution in [0.25, 0.3) is 0 Å². The topological polar surface area (TPSA) is 97.9 Å². The first-order valence-electron chi connectivity index (χ1n) is 9.07. The lowest BCUT2D eigenvalue weighted by Crippen LogP contribution is -2.39. The molecular formula is C20H23F2N3O5. The van der Waals surface area contributed by atoms with Crippen LogP contribution in [0.15, 0.2) is 42.5 Å². The van der Waals surface area contributed by atoms with Gasteiger partial charge < -0.3 is 30.2 Å². The molecule has 0 aliphatic carbocycles. The van der Waals surface area contributed by atoms with Gasteiger partial charge in [0.1, 0.15) is 5.75 Å². The number of urea groups is 1. The van der Waals surface area contributed by atoms with Crippen LogP contribution in [-0.4, -0.2) is 38.8 Å². The number of nitrogens with one attached hydrogen (secondary N) is 3. The largest absolute Gasteiger partial charge is 0.494 e. The van der Waals surface area contributed by atoms with E-state index in [2.05, 4.69) is 20.7 Å². The van der Waals surface area contributed by atoms with Crippen molar-refractivity contribution in [2.45, 2.75) is 20.1 Å². The SMILES string of the molecule is CCOc1ccc(NC(=O)CNC(=O)NCc2ccc(OC(F)F)c(OC)c2)cc1. The number of carbonyl (C=O) groups is 2. The van der Waals surface area contributed by atoms with E-state index >= 15 is 0 Å². The molecule has 0 saturated carbocycles. The minimum Gasteiger partial charge on any atom is -0.494 e. The maximum atomic E-state index is 12.3. The van der Waals surface area contributed by atoms with Crippen molar-refractivity contribution in [2.75, 3.05) is 25.6 Å². The Labute approximate surface area is 172 Å². The van der Waals surface area contributed by atoms with Crippen molar-refractivity contribution >= 4 is 17.6 Å². The highest BCUT2D eigenvalue weighted by molar-refractivity contribution is 5.94. The Bertz CT molecular complexity index is 847. The Morgan fingerprint density at radius 3 is 2.40 bits per heavy atom. The molecule has 3 N–H and O–H groups in total. The van der Waals surface area contributed by atoms with E-state index in [1.807, 2.05) is 6.92 Å². The van der Waals surface area contributed by atoms with Crippen LogP contribution in [0.2, 0.25) is 0 Å². The maximum Gasteiger partial charge on any atom is 0.387 e. The smallest absolute Gasteiger partial charge is 0.387 e. The first-order chi connectivity index (χ1) is 14.4. The molecule has 0 spiro atoms. The van der Waals surface area contributed by atoms with Gasteiger partial charge in [-0.05, 0) is 48.9 Å². The van der Waals surface area contributed by atoms with Gasteiger partial charge in [0.15, 0.2) is 11.5 Å². The number of hydrogen-bond acceptors (Lipinski definition) is 5. The molecule has 0 fully saturated rings. The van der Waals surface area contributed by atoms with Gasteiger partial charge in [-0.25, -0.2) is 4.79 Å². The van der Waals surface area contributed by atoms with Gasteiger partial charge in [0.05, 0.1) is 20.3 Å².